The van der Waals surface area contributed by atoms with Crippen molar-refractivity contribution in [1.29, 1.82) is 0 Å². The van der Waals surface area contributed by atoms with Gasteiger partial charge >= 0.3 is 0 Å². The van der Waals surface area contributed by atoms with Gasteiger partial charge in [0.2, 0.25) is 0 Å². The summed E-state index contributed by atoms with van der Waals surface area (Å²) in [5.74, 6) is 1.03. The zero-order valence-corrected chi connectivity index (χ0v) is 11.9. The molecule has 0 bridgehead atoms. The fourth-order valence-corrected chi connectivity index (χ4v) is 3.46. The molecule has 0 amide bonds. The molecule has 102 valence electrons. The Hall–Kier alpha value is -1.27. The number of hydrogen-bond acceptors (Lipinski definition) is 5. The third-order valence-electron chi connectivity index (χ3n) is 4.08. The van der Waals surface area contributed by atoms with Crippen molar-refractivity contribution >= 4 is 23.1 Å². The minimum Gasteiger partial charge on any atom is -0.355 e. The van der Waals surface area contributed by atoms with Crippen LogP contribution >= 0.6 is 11.8 Å². The highest BCUT2D eigenvalue weighted by atomic mass is 32.2. The molecule has 0 radical (unpaired) electrons. The lowest BCUT2D eigenvalue weighted by Crippen LogP contribution is -2.46. The van der Waals surface area contributed by atoms with Crippen molar-refractivity contribution in [2.75, 3.05) is 30.8 Å². The van der Waals surface area contributed by atoms with E-state index < -0.39 is 0 Å². The fraction of sp³-hybridized carbons (Fsp3) is 0.538. The van der Waals surface area contributed by atoms with Crippen molar-refractivity contribution in [2.45, 2.75) is 17.6 Å². The van der Waals surface area contributed by atoms with Crippen molar-refractivity contribution in [3.8, 4) is 0 Å². The first-order chi connectivity index (χ1) is 9.28. The van der Waals surface area contributed by atoms with Crippen LogP contribution in [0.3, 0.4) is 0 Å². The van der Waals surface area contributed by atoms with Crippen molar-refractivity contribution in [2.24, 2.45) is 5.73 Å². The molecule has 1 aliphatic rings. The van der Waals surface area contributed by atoms with Gasteiger partial charge in [0.15, 0.2) is 5.82 Å². The maximum atomic E-state index is 5.94. The molecule has 19 heavy (non-hydrogen) atoms. The summed E-state index contributed by atoms with van der Waals surface area (Å²) in [6.45, 7) is 2.78. The molecule has 0 spiro atoms. The Balaban J connectivity index is 1.84. The summed E-state index contributed by atoms with van der Waals surface area (Å²) in [6.07, 6.45) is 9.90. The van der Waals surface area contributed by atoms with Crippen molar-refractivity contribution in [1.82, 2.24) is 14.6 Å². The van der Waals surface area contributed by atoms with Gasteiger partial charge in [-0.25, -0.2) is 9.50 Å². The van der Waals surface area contributed by atoms with E-state index in [1.165, 1.54) is 0 Å². The summed E-state index contributed by atoms with van der Waals surface area (Å²) in [6, 6.07) is 2.02. The summed E-state index contributed by atoms with van der Waals surface area (Å²) in [5.41, 5.74) is 7.01. The van der Waals surface area contributed by atoms with Crippen LogP contribution in [0.5, 0.6) is 0 Å². The van der Waals surface area contributed by atoms with Crippen LogP contribution in [0, 0.1) is 0 Å². The summed E-state index contributed by atoms with van der Waals surface area (Å²) in [5, 5.41) is 4.26. The molecule has 2 aromatic heterocycles. The molecular formula is C13H19N5S. The first-order valence-electron chi connectivity index (χ1n) is 6.56. The van der Waals surface area contributed by atoms with E-state index in [4.69, 9.17) is 5.73 Å². The highest BCUT2D eigenvalue weighted by Crippen LogP contribution is 2.35. The Morgan fingerprint density at radius 1 is 1.37 bits per heavy atom. The van der Waals surface area contributed by atoms with Gasteiger partial charge in [-0.05, 0) is 25.2 Å². The van der Waals surface area contributed by atoms with Gasteiger partial charge in [0, 0.05) is 36.8 Å². The number of nitrogens with zero attached hydrogens (tertiary/aromatic N) is 4. The Labute approximate surface area is 117 Å². The van der Waals surface area contributed by atoms with E-state index >= 15 is 0 Å². The molecular weight excluding hydrogens is 258 g/mol. The van der Waals surface area contributed by atoms with Gasteiger partial charge in [0.25, 0.3) is 0 Å². The molecule has 3 rings (SSSR count). The van der Waals surface area contributed by atoms with Gasteiger partial charge in [-0.2, -0.15) is 16.9 Å². The van der Waals surface area contributed by atoms with Crippen LogP contribution < -0.4 is 10.6 Å². The maximum absolute atomic E-state index is 5.94. The van der Waals surface area contributed by atoms with Crippen LogP contribution in [0.4, 0.5) is 5.82 Å². The fourth-order valence-electron chi connectivity index (χ4n) is 2.70. The number of anilines is 1. The molecule has 0 aromatic carbocycles. The van der Waals surface area contributed by atoms with Gasteiger partial charge in [-0.15, -0.1) is 0 Å². The Kier molecular flexibility index (Phi) is 3.36. The number of aromatic nitrogens is 3. The van der Waals surface area contributed by atoms with E-state index in [1.807, 2.05) is 40.9 Å². The van der Waals surface area contributed by atoms with Crippen LogP contribution in [-0.4, -0.2) is 45.2 Å². The smallest absolute Gasteiger partial charge is 0.154 e. The second kappa shape index (κ2) is 5.02. The molecule has 3 heterocycles. The number of thioether (sulfide) groups is 1. The van der Waals surface area contributed by atoms with E-state index in [9.17, 15) is 0 Å². The molecule has 1 fully saturated rings. The molecule has 2 aromatic rings. The lowest BCUT2D eigenvalue weighted by Gasteiger charge is -2.40. The topological polar surface area (TPSA) is 59.5 Å². The molecule has 0 aliphatic carbocycles. The molecule has 1 saturated heterocycles. The number of fused-ring (bicyclic) bond motifs is 1. The van der Waals surface area contributed by atoms with Crippen molar-refractivity contribution in [3.63, 3.8) is 0 Å². The standard InChI is InChI=1S/C13H19N5S/c1-19-13(10-14)3-7-17(8-4-13)12-11-2-5-16-18(11)9-6-15-12/h2,5-6,9H,3-4,7-8,10,14H2,1H3. The average molecular weight is 277 g/mol. The quantitative estimate of drug-likeness (QED) is 0.918. The minimum atomic E-state index is 0.252. The molecule has 0 saturated carbocycles. The van der Waals surface area contributed by atoms with Gasteiger partial charge in [0.1, 0.15) is 5.52 Å². The molecule has 2 N–H and O–H groups in total. The predicted molar refractivity (Wildman–Crippen MR) is 79.7 cm³/mol. The summed E-state index contributed by atoms with van der Waals surface area (Å²) >= 11 is 1.91. The summed E-state index contributed by atoms with van der Waals surface area (Å²) < 4.78 is 2.13. The lowest BCUT2D eigenvalue weighted by atomic mass is 9.96. The SMILES string of the molecule is CSC1(CN)CCN(c2nccn3nccc23)CC1. The van der Waals surface area contributed by atoms with E-state index in [2.05, 4.69) is 21.2 Å². The highest BCUT2D eigenvalue weighted by molar-refractivity contribution is 8.00. The zero-order valence-electron chi connectivity index (χ0n) is 11.1. The molecule has 1 aliphatic heterocycles. The number of nitrogens with two attached hydrogens (primary N) is 1. The second-order valence-electron chi connectivity index (χ2n) is 4.99. The normalized spacial score (nSPS) is 18.9. The number of rotatable bonds is 3. The largest absolute Gasteiger partial charge is 0.355 e. The highest BCUT2D eigenvalue weighted by Gasteiger charge is 2.33. The van der Waals surface area contributed by atoms with Gasteiger partial charge in [-0.3, -0.25) is 0 Å². The number of hydrogen-bond donors (Lipinski definition) is 1. The van der Waals surface area contributed by atoms with Crippen LogP contribution in [0.15, 0.2) is 24.7 Å². The van der Waals surface area contributed by atoms with Crippen molar-refractivity contribution < 1.29 is 0 Å². The van der Waals surface area contributed by atoms with E-state index in [0.717, 1.165) is 43.8 Å². The van der Waals surface area contributed by atoms with E-state index in [1.54, 1.807) is 0 Å². The molecule has 5 nitrogen and oxygen atoms in total. The monoisotopic (exact) mass is 277 g/mol. The maximum Gasteiger partial charge on any atom is 0.154 e. The Morgan fingerprint density at radius 3 is 2.84 bits per heavy atom. The molecule has 0 unspecified atom stereocenters. The first kappa shape index (κ1) is 12.7. The zero-order chi connectivity index (χ0) is 13.3. The predicted octanol–water partition coefficient (Wildman–Crippen LogP) is 1.39. The minimum absolute atomic E-state index is 0.252. The van der Waals surface area contributed by atoms with Gasteiger partial charge in [-0.1, -0.05) is 0 Å². The van der Waals surface area contributed by atoms with Crippen LogP contribution in [0.1, 0.15) is 12.8 Å². The van der Waals surface area contributed by atoms with Gasteiger partial charge in [0.05, 0.1) is 6.20 Å². The van der Waals surface area contributed by atoms with E-state index in [0.29, 0.717) is 0 Å². The third-order valence-corrected chi connectivity index (χ3v) is 5.52. The third kappa shape index (κ3) is 2.19. The van der Waals surface area contributed by atoms with E-state index in [-0.39, 0.29) is 4.75 Å². The van der Waals surface area contributed by atoms with Crippen molar-refractivity contribution in [3.05, 3.63) is 24.7 Å². The van der Waals surface area contributed by atoms with Crippen LogP contribution in [0.2, 0.25) is 0 Å². The average Bonchev–Trinajstić information content (AvgIpc) is 2.96. The van der Waals surface area contributed by atoms with Crippen LogP contribution in [-0.2, 0) is 0 Å². The summed E-state index contributed by atoms with van der Waals surface area (Å²) in [7, 11) is 0. The van der Waals surface area contributed by atoms with Gasteiger partial charge < -0.3 is 10.6 Å². The number of piperidine rings is 1. The molecule has 6 heteroatoms. The summed E-state index contributed by atoms with van der Waals surface area (Å²) in [4.78, 5) is 6.88. The lowest BCUT2D eigenvalue weighted by molar-refractivity contribution is 0.455. The van der Waals surface area contributed by atoms with Crippen LogP contribution in [0.25, 0.3) is 5.52 Å². The Bertz CT molecular complexity index is 553. The Morgan fingerprint density at radius 2 is 2.16 bits per heavy atom. The second-order valence-corrected chi connectivity index (χ2v) is 6.26. The first-order valence-corrected chi connectivity index (χ1v) is 7.79. The molecule has 0 atom stereocenters.